The highest BCUT2D eigenvalue weighted by atomic mass is 19.3. The molecule has 0 fully saturated rings. The molecule has 2 aromatic carbocycles. The average molecular weight is 491 g/mol. The lowest BCUT2D eigenvalue weighted by atomic mass is 10.2. The Balaban J connectivity index is 1.41. The maximum atomic E-state index is 14.6. The van der Waals surface area contributed by atoms with Crippen molar-refractivity contribution in [2.45, 2.75) is 12.2 Å². The minimum atomic E-state index is -4.88. The molecule has 0 radical (unpaired) electrons. The van der Waals surface area contributed by atoms with E-state index in [1.165, 1.54) is 30.5 Å². The summed E-state index contributed by atoms with van der Waals surface area (Å²) in [5.41, 5.74) is 1.35. The Hall–Kier alpha value is -4.42. The van der Waals surface area contributed by atoms with E-state index in [0.717, 1.165) is 18.3 Å². The Morgan fingerprint density at radius 3 is 2.46 bits per heavy atom. The fourth-order valence-electron chi connectivity index (χ4n) is 3.27. The van der Waals surface area contributed by atoms with E-state index in [9.17, 15) is 22.0 Å². The third-order valence-corrected chi connectivity index (χ3v) is 4.97. The molecule has 4 aromatic rings. The lowest BCUT2D eigenvalue weighted by Crippen LogP contribution is -2.52. The normalized spacial score (nSPS) is 15.5. The fourth-order valence-corrected chi connectivity index (χ4v) is 3.27. The summed E-state index contributed by atoms with van der Waals surface area (Å²) < 4.78 is 81.9. The predicted molar refractivity (Wildman–Crippen MR) is 113 cm³/mol. The molecule has 0 saturated carbocycles. The molecule has 0 aliphatic carbocycles. The van der Waals surface area contributed by atoms with E-state index in [2.05, 4.69) is 29.7 Å². The molecule has 3 heterocycles. The van der Waals surface area contributed by atoms with Gasteiger partial charge in [0.1, 0.15) is 6.26 Å². The van der Waals surface area contributed by atoms with Crippen molar-refractivity contribution in [1.29, 1.82) is 0 Å². The van der Waals surface area contributed by atoms with E-state index in [1.54, 1.807) is 24.3 Å². The summed E-state index contributed by atoms with van der Waals surface area (Å²) in [7, 11) is 1.40. The summed E-state index contributed by atoms with van der Waals surface area (Å²) in [4.78, 5) is 13.4. The van der Waals surface area contributed by atoms with Gasteiger partial charge in [0.2, 0.25) is 11.8 Å². The van der Waals surface area contributed by atoms with Crippen molar-refractivity contribution >= 4 is 23.1 Å². The summed E-state index contributed by atoms with van der Waals surface area (Å²) in [5.74, 6) is -1.84. The molecule has 2 aromatic heterocycles. The molecule has 13 heteroatoms. The van der Waals surface area contributed by atoms with Crippen LogP contribution < -0.4 is 19.7 Å². The van der Waals surface area contributed by atoms with Gasteiger partial charge >= 0.3 is 12.2 Å². The van der Waals surface area contributed by atoms with Crippen molar-refractivity contribution in [2.75, 3.05) is 17.3 Å². The number of alkyl halides is 4. The predicted octanol–water partition coefficient (Wildman–Crippen LogP) is 5.74. The number of ether oxygens (including phenoxy) is 2. The Morgan fingerprint density at radius 1 is 0.943 bits per heavy atom. The van der Waals surface area contributed by atoms with Crippen molar-refractivity contribution < 1.29 is 35.8 Å². The number of fused-ring (bicyclic) bond motifs is 1. The quantitative estimate of drug-likeness (QED) is 0.354. The summed E-state index contributed by atoms with van der Waals surface area (Å²) in [5, 5.41) is 2.94. The topological polar surface area (TPSA) is 85.5 Å². The highest BCUT2D eigenvalue weighted by Crippen LogP contribution is 2.48. The number of halogens is 5. The lowest BCUT2D eigenvalue weighted by molar-refractivity contribution is -0.391. The fraction of sp³-hybridized carbons (Fsp3) is 0.136. The maximum absolute atomic E-state index is 14.6. The minimum Gasteiger partial charge on any atom is -0.445 e. The molecule has 0 atom stereocenters. The number of rotatable bonds is 5. The second-order valence-corrected chi connectivity index (χ2v) is 7.34. The minimum absolute atomic E-state index is 0.0292. The SMILES string of the molecule is CN(c1ccc2c(c1)OC(F)(F)C(F)(F)O2)c1nc(Nc2cccc(-c3ncco3)c2)ncc1F. The zero-order valence-corrected chi connectivity index (χ0v) is 17.7. The van der Waals surface area contributed by atoms with Crippen LogP contribution in [0.2, 0.25) is 0 Å². The van der Waals surface area contributed by atoms with Crippen LogP contribution in [-0.2, 0) is 0 Å². The van der Waals surface area contributed by atoms with Gasteiger partial charge in [-0.2, -0.15) is 22.5 Å². The van der Waals surface area contributed by atoms with Gasteiger partial charge in [0, 0.05) is 30.1 Å². The number of benzene rings is 2. The van der Waals surface area contributed by atoms with Crippen LogP contribution >= 0.6 is 0 Å². The van der Waals surface area contributed by atoms with Gasteiger partial charge in [0.05, 0.1) is 12.4 Å². The summed E-state index contributed by atoms with van der Waals surface area (Å²) in [6.07, 6.45) is -5.85. The van der Waals surface area contributed by atoms with Gasteiger partial charge in [0.25, 0.3) is 0 Å². The number of aromatic nitrogens is 3. The van der Waals surface area contributed by atoms with Crippen LogP contribution in [0.5, 0.6) is 11.5 Å². The molecule has 1 aliphatic rings. The molecule has 0 unspecified atom stereocenters. The average Bonchev–Trinajstić information content (AvgIpc) is 3.35. The van der Waals surface area contributed by atoms with Gasteiger partial charge in [-0.1, -0.05) is 6.07 Å². The van der Waals surface area contributed by atoms with Gasteiger partial charge < -0.3 is 24.1 Å². The van der Waals surface area contributed by atoms with Gasteiger partial charge in [0.15, 0.2) is 23.1 Å². The number of nitrogens with one attached hydrogen (secondary N) is 1. The molecule has 0 bridgehead atoms. The van der Waals surface area contributed by atoms with E-state index in [0.29, 0.717) is 17.1 Å². The molecule has 0 saturated heterocycles. The molecule has 0 amide bonds. The molecular weight excluding hydrogens is 477 g/mol. The lowest BCUT2D eigenvalue weighted by Gasteiger charge is -2.32. The van der Waals surface area contributed by atoms with Crippen LogP contribution in [0.3, 0.4) is 0 Å². The Morgan fingerprint density at radius 2 is 1.71 bits per heavy atom. The van der Waals surface area contributed by atoms with Crippen molar-refractivity contribution in [3.8, 4) is 23.0 Å². The highest BCUT2D eigenvalue weighted by Gasteiger charge is 2.65. The van der Waals surface area contributed by atoms with Crippen LogP contribution in [0.15, 0.2) is 65.5 Å². The van der Waals surface area contributed by atoms with E-state index in [4.69, 9.17) is 4.42 Å². The molecule has 1 N–H and O–H groups in total. The number of hydrogen-bond acceptors (Lipinski definition) is 8. The monoisotopic (exact) mass is 491 g/mol. The third kappa shape index (κ3) is 4.16. The first-order valence-corrected chi connectivity index (χ1v) is 9.94. The van der Waals surface area contributed by atoms with Crippen LogP contribution in [0.1, 0.15) is 0 Å². The van der Waals surface area contributed by atoms with Gasteiger partial charge in [-0.15, -0.1) is 0 Å². The zero-order valence-electron chi connectivity index (χ0n) is 17.7. The van der Waals surface area contributed by atoms with E-state index < -0.39 is 29.5 Å². The van der Waals surface area contributed by atoms with Gasteiger partial charge in [-0.3, -0.25) is 0 Å². The van der Waals surface area contributed by atoms with E-state index >= 15 is 0 Å². The highest BCUT2D eigenvalue weighted by molar-refractivity contribution is 5.67. The molecule has 5 rings (SSSR count). The Labute approximate surface area is 194 Å². The largest absolute Gasteiger partial charge is 0.507 e. The summed E-state index contributed by atoms with van der Waals surface area (Å²) in [6.45, 7) is 0. The summed E-state index contributed by atoms with van der Waals surface area (Å²) >= 11 is 0. The van der Waals surface area contributed by atoms with Crippen LogP contribution in [0, 0.1) is 5.82 Å². The number of oxazole rings is 1. The number of hydrogen-bond donors (Lipinski definition) is 1. The van der Waals surface area contributed by atoms with Crippen molar-refractivity contribution in [2.24, 2.45) is 0 Å². The molecule has 180 valence electrons. The third-order valence-electron chi connectivity index (χ3n) is 4.97. The first-order valence-electron chi connectivity index (χ1n) is 9.94. The number of anilines is 4. The Kier molecular flexibility index (Phi) is 5.19. The zero-order chi connectivity index (χ0) is 24.8. The molecule has 35 heavy (non-hydrogen) atoms. The van der Waals surface area contributed by atoms with Crippen molar-refractivity contribution in [1.82, 2.24) is 15.0 Å². The van der Waals surface area contributed by atoms with Gasteiger partial charge in [-0.05, 0) is 30.3 Å². The van der Waals surface area contributed by atoms with Crippen LogP contribution in [-0.4, -0.2) is 34.2 Å². The smallest absolute Gasteiger partial charge is 0.445 e. The van der Waals surface area contributed by atoms with E-state index in [-0.39, 0.29) is 17.5 Å². The van der Waals surface area contributed by atoms with Crippen LogP contribution in [0.4, 0.5) is 45.1 Å². The second-order valence-electron chi connectivity index (χ2n) is 7.34. The molecule has 1 aliphatic heterocycles. The molecular formula is C22H14F5N5O3. The first kappa shape index (κ1) is 22.4. The van der Waals surface area contributed by atoms with Gasteiger partial charge in [-0.25, -0.2) is 14.4 Å². The van der Waals surface area contributed by atoms with Crippen molar-refractivity contribution in [3.05, 3.63) is 66.9 Å². The summed E-state index contributed by atoms with van der Waals surface area (Å²) in [6, 6.07) is 10.2. The second kappa shape index (κ2) is 8.11. The molecule has 0 spiro atoms. The first-order chi connectivity index (χ1) is 16.6. The Bertz CT molecular complexity index is 1380. The van der Waals surface area contributed by atoms with Crippen molar-refractivity contribution in [3.63, 3.8) is 0 Å². The van der Waals surface area contributed by atoms with Crippen LogP contribution in [0.25, 0.3) is 11.5 Å². The standard InChI is InChI=1S/C22H14F5N5O3/c1-32(14-5-6-16-17(10-14)35-22(26,27)21(24,25)34-16)18-15(23)11-29-20(31-18)30-13-4-2-3-12(9-13)19-28-7-8-33-19/h2-11H,1H3,(H,29,30,31). The maximum Gasteiger partial charge on any atom is 0.507 e. The number of nitrogens with zero attached hydrogens (tertiary/aromatic N) is 4. The molecule has 8 nitrogen and oxygen atoms in total. The van der Waals surface area contributed by atoms with E-state index in [1.807, 2.05) is 0 Å².